The van der Waals surface area contributed by atoms with Crippen LogP contribution in [0.4, 0.5) is 10.1 Å². The van der Waals surface area contributed by atoms with Crippen molar-refractivity contribution in [2.24, 2.45) is 0 Å². The molecule has 152 valence electrons. The highest BCUT2D eigenvalue weighted by Crippen LogP contribution is 2.27. The van der Waals surface area contributed by atoms with E-state index in [1.807, 2.05) is 0 Å². The molecule has 3 rings (SSSR count). The van der Waals surface area contributed by atoms with Gasteiger partial charge in [0.25, 0.3) is 0 Å². The topological polar surface area (TPSA) is 104 Å². The zero-order valence-corrected chi connectivity index (χ0v) is 16.8. The number of nitrogens with two attached hydrogens (primary N) is 1. The lowest BCUT2D eigenvalue weighted by molar-refractivity contribution is -0.113. The number of methoxy groups -OCH3 is 1. The summed E-state index contributed by atoms with van der Waals surface area (Å²) >= 11 is 7.14. The number of thioether (sulfide) groups is 1. The van der Waals surface area contributed by atoms with E-state index < -0.39 is 5.82 Å². The predicted molar refractivity (Wildman–Crippen MR) is 108 cm³/mol. The predicted octanol–water partition coefficient (Wildman–Crippen LogP) is 3.10. The van der Waals surface area contributed by atoms with Crippen molar-refractivity contribution in [2.75, 3.05) is 24.0 Å². The Bertz CT molecular complexity index is 1020. The lowest BCUT2D eigenvalue weighted by atomic mass is 10.3. The van der Waals surface area contributed by atoms with Gasteiger partial charge in [-0.1, -0.05) is 35.5 Å². The highest BCUT2D eigenvalue weighted by molar-refractivity contribution is 7.99. The maximum atomic E-state index is 13.6. The van der Waals surface area contributed by atoms with E-state index in [2.05, 4.69) is 15.5 Å². The van der Waals surface area contributed by atoms with Crippen molar-refractivity contribution in [1.82, 2.24) is 14.9 Å². The van der Waals surface area contributed by atoms with E-state index in [1.165, 1.54) is 23.9 Å². The van der Waals surface area contributed by atoms with Crippen LogP contribution >= 0.6 is 23.4 Å². The Morgan fingerprint density at radius 3 is 2.79 bits per heavy atom. The van der Waals surface area contributed by atoms with Crippen molar-refractivity contribution in [3.63, 3.8) is 0 Å². The number of hydrogen-bond donors (Lipinski definition) is 2. The van der Waals surface area contributed by atoms with Crippen LogP contribution in [0.25, 0.3) is 0 Å². The Labute approximate surface area is 175 Å². The van der Waals surface area contributed by atoms with E-state index >= 15 is 0 Å². The summed E-state index contributed by atoms with van der Waals surface area (Å²) in [5.41, 5.74) is 0.537. The smallest absolute Gasteiger partial charge is 0.234 e. The van der Waals surface area contributed by atoms with Gasteiger partial charge in [0, 0.05) is 5.69 Å². The number of nitrogen functional groups attached to an aromatic ring is 1. The molecule has 8 nitrogen and oxygen atoms in total. The molecule has 1 heterocycles. The van der Waals surface area contributed by atoms with Crippen molar-refractivity contribution in [3.05, 3.63) is 59.1 Å². The molecular weight excluding hydrogens is 421 g/mol. The first-order valence-corrected chi connectivity index (χ1v) is 9.67. The third-order valence-electron chi connectivity index (χ3n) is 3.70. The van der Waals surface area contributed by atoms with Gasteiger partial charge in [-0.25, -0.2) is 9.07 Å². The van der Waals surface area contributed by atoms with E-state index in [0.717, 1.165) is 11.8 Å². The SMILES string of the molecule is COc1ccc(NC(=O)CSc2nnc(COc3ccccc3F)n2N)cc1Cl. The van der Waals surface area contributed by atoms with Crippen molar-refractivity contribution in [3.8, 4) is 11.5 Å². The number of rotatable bonds is 8. The molecule has 29 heavy (non-hydrogen) atoms. The third-order valence-corrected chi connectivity index (χ3v) is 4.93. The number of para-hydroxylation sites is 1. The third kappa shape index (κ3) is 5.30. The maximum absolute atomic E-state index is 13.6. The molecule has 1 aromatic heterocycles. The van der Waals surface area contributed by atoms with Crippen molar-refractivity contribution in [1.29, 1.82) is 0 Å². The zero-order chi connectivity index (χ0) is 20.8. The molecule has 1 amide bonds. The van der Waals surface area contributed by atoms with E-state index in [1.54, 1.807) is 30.3 Å². The standard InChI is InChI=1S/C18H17ClFN5O3S/c1-27-14-7-6-11(8-12(14)19)22-17(26)10-29-18-24-23-16(25(18)21)9-28-15-5-3-2-4-13(15)20/h2-8H,9-10,21H2,1H3,(H,22,26). The first-order valence-electron chi connectivity index (χ1n) is 8.31. The Morgan fingerprint density at radius 1 is 1.28 bits per heavy atom. The number of carbonyl (C=O) groups is 1. The number of benzene rings is 2. The summed E-state index contributed by atoms with van der Waals surface area (Å²) in [7, 11) is 1.51. The van der Waals surface area contributed by atoms with Crippen molar-refractivity contribution in [2.45, 2.75) is 11.8 Å². The van der Waals surface area contributed by atoms with Gasteiger partial charge in [0.15, 0.2) is 17.4 Å². The lowest BCUT2D eigenvalue weighted by Crippen LogP contribution is -2.18. The average molecular weight is 438 g/mol. The lowest BCUT2D eigenvalue weighted by Gasteiger charge is -2.08. The highest BCUT2D eigenvalue weighted by Gasteiger charge is 2.14. The summed E-state index contributed by atoms with van der Waals surface area (Å²) in [6.45, 7) is -0.0679. The van der Waals surface area contributed by atoms with E-state index in [0.29, 0.717) is 21.6 Å². The summed E-state index contributed by atoms with van der Waals surface area (Å²) in [6.07, 6.45) is 0. The van der Waals surface area contributed by atoms with Gasteiger partial charge in [0.05, 0.1) is 17.9 Å². The molecule has 0 saturated carbocycles. The van der Waals surface area contributed by atoms with Gasteiger partial charge in [-0.15, -0.1) is 10.2 Å². The Kier molecular flexibility index (Phi) is 6.78. The van der Waals surface area contributed by atoms with Crippen LogP contribution in [0.5, 0.6) is 11.5 Å². The minimum atomic E-state index is -0.486. The molecule has 0 bridgehead atoms. The largest absolute Gasteiger partial charge is 0.495 e. The molecular formula is C18H17ClFN5O3S. The molecule has 3 aromatic rings. The van der Waals surface area contributed by atoms with Crippen LogP contribution in [0.15, 0.2) is 47.6 Å². The summed E-state index contributed by atoms with van der Waals surface area (Å²) in [5.74, 6) is 6.11. The van der Waals surface area contributed by atoms with E-state index in [4.69, 9.17) is 26.9 Å². The summed E-state index contributed by atoms with van der Waals surface area (Å²) in [4.78, 5) is 12.1. The normalized spacial score (nSPS) is 10.6. The second-order valence-corrected chi connectivity index (χ2v) is 7.02. The Balaban J connectivity index is 1.54. The van der Waals surface area contributed by atoms with Crippen LogP contribution in [0.1, 0.15) is 5.82 Å². The minimum Gasteiger partial charge on any atom is -0.495 e. The van der Waals surface area contributed by atoms with Crippen LogP contribution in [0.3, 0.4) is 0 Å². The summed E-state index contributed by atoms with van der Waals surface area (Å²) in [6, 6.07) is 10.9. The average Bonchev–Trinajstić information content (AvgIpc) is 3.05. The number of carbonyl (C=O) groups excluding carboxylic acids is 1. The van der Waals surface area contributed by atoms with Crippen molar-refractivity contribution < 1.29 is 18.7 Å². The fourth-order valence-corrected chi connectivity index (χ4v) is 3.21. The van der Waals surface area contributed by atoms with Gasteiger partial charge in [-0.05, 0) is 30.3 Å². The number of nitrogens with zero attached hydrogens (tertiary/aromatic N) is 3. The van der Waals surface area contributed by atoms with Gasteiger partial charge in [-0.2, -0.15) is 0 Å². The molecule has 3 N–H and O–H groups in total. The number of halogens is 2. The Hall–Kier alpha value is -2.98. The minimum absolute atomic E-state index is 0.0488. The van der Waals surface area contributed by atoms with Crippen LogP contribution in [0.2, 0.25) is 5.02 Å². The van der Waals surface area contributed by atoms with E-state index in [-0.39, 0.29) is 29.8 Å². The zero-order valence-electron chi connectivity index (χ0n) is 15.3. The molecule has 11 heteroatoms. The number of amides is 1. The second-order valence-electron chi connectivity index (χ2n) is 5.67. The number of nitrogens with one attached hydrogen (secondary N) is 1. The highest BCUT2D eigenvalue weighted by atomic mass is 35.5. The molecule has 0 spiro atoms. The van der Waals surface area contributed by atoms with Gasteiger partial charge in [0.2, 0.25) is 11.1 Å². The summed E-state index contributed by atoms with van der Waals surface area (Å²) < 4.78 is 25.2. The number of anilines is 1. The molecule has 0 fully saturated rings. The fraction of sp³-hybridized carbons (Fsp3) is 0.167. The molecule has 0 atom stereocenters. The molecule has 0 unspecified atom stereocenters. The molecule has 0 radical (unpaired) electrons. The van der Waals surface area contributed by atoms with E-state index in [9.17, 15) is 9.18 Å². The molecule has 2 aromatic carbocycles. The Morgan fingerprint density at radius 2 is 2.07 bits per heavy atom. The molecule has 0 aliphatic carbocycles. The van der Waals surface area contributed by atoms with Gasteiger partial charge in [0.1, 0.15) is 12.4 Å². The number of ether oxygens (including phenoxy) is 2. The maximum Gasteiger partial charge on any atom is 0.234 e. The molecule has 0 aliphatic rings. The monoisotopic (exact) mass is 437 g/mol. The van der Waals surface area contributed by atoms with Crippen LogP contribution in [0, 0.1) is 5.82 Å². The number of hydrogen-bond acceptors (Lipinski definition) is 7. The van der Waals surface area contributed by atoms with Crippen LogP contribution in [-0.2, 0) is 11.4 Å². The van der Waals surface area contributed by atoms with Gasteiger partial charge >= 0.3 is 0 Å². The first kappa shape index (κ1) is 20.7. The second kappa shape index (κ2) is 9.48. The first-order chi connectivity index (χ1) is 14.0. The summed E-state index contributed by atoms with van der Waals surface area (Å²) in [5, 5.41) is 11.3. The van der Waals surface area contributed by atoms with Gasteiger partial charge < -0.3 is 20.6 Å². The van der Waals surface area contributed by atoms with Crippen LogP contribution in [-0.4, -0.2) is 33.6 Å². The van der Waals surface area contributed by atoms with Gasteiger partial charge in [-0.3, -0.25) is 4.79 Å². The number of aromatic nitrogens is 3. The quantitative estimate of drug-likeness (QED) is 0.412. The molecule has 0 saturated heterocycles. The van der Waals surface area contributed by atoms with Crippen LogP contribution < -0.4 is 20.6 Å². The van der Waals surface area contributed by atoms with Crippen molar-refractivity contribution >= 4 is 35.0 Å². The fourth-order valence-electron chi connectivity index (χ4n) is 2.28. The molecule has 0 aliphatic heterocycles.